The third kappa shape index (κ3) is 4.75. The summed E-state index contributed by atoms with van der Waals surface area (Å²) in [6.07, 6.45) is 0. The van der Waals surface area contributed by atoms with Gasteiger partial charge >= 0.3 is 0 Å². The lowest BCUT2D eigenvalue weighted by molar-refractivity contribution is -0.121. The van der Waals surface area contributed by atoms with Gasteiger partial charge in [-0.25, -0.2) is 17.2 Å². The normalized spacial score (nSPS) is 17.1. The minimum Gasteiger partial charge on any atom is -0.322 e. The Kier molecular flexibility index (Phi) is 6.52. The molecule has 1 unspecified atom stereocenters. The maximum atomic E-state index is 13.7. The Morgan fingerprint density at radius 1 is 1.10 bits per heavy atom. The van der Waals surface area contributed by atoms with E-state index in [9.17, 15) is 22.0 Å². The van der Waals surface area contributed by atoms with E-state index in [0.717, 1.165) is 12.1 Å². The zero-order chi connectivity index (χ0) is 21.2. The van der Waals surface area contributed by atoms with Gasteiger partial charge in [-0.05, 0) is 31.2 Å². The van der Waals surface area contributed by atoms with Crippen LogP contribution in [0.15, 0.2) is 47.4 Å². The highest BCUT2D eigenvalue weighted by Crippen LogP contribution is 2.25. The molecule has 0 saturated carbocycles. The van der Waals surface area contributed by atoms with E-state index < -0.39 is 33.6 Å². The van der Waals surface area contributed by atoms with Gasteiger partial charge in [0.2, 0.25) is 15.9 Å². The fraction of sp³-hybridized carbons (Fsp3) is 0.316. The lowest BCUT2D eigenvalue weighted by atomic mass is 10.2. The molecule has 0 bridgehead atoms. The predicted molar refractivity (Wildman–Crippen MR) is 106 cm³/mol. The highest BCUT2D eigenvalue weighted by atomic mass is 35.5. The summed E-state index contributed by atoms with van der Waals surface area (Å²) >= 11 is 6.02. The van der Waals surface area contributed by atoms with E-state index in [1.807, 2.05) is 0 Å². The Balaban J connectivity index is 1.62. The van der Waals surface area contributed by atoms with Crippen LogP contribution in [0.2, 0.25) is 5.02 Å². The van der Waals surface area contributed by atoms with Gasteiger partial charge in [-0.3, -0.25) is 9.69 Å². The number of amides is 1. The van der Waals surface area contributed by atoms with E-state index in [4.69, 9.17) is 11.6 Å². The predicted octanol–water partition coefficient (Wildman–Crippen LogP) is 2.95. The van der Waals surface area contributed by atoms with E-state index in [0.29, 0.717) is 19.2 Å². The van der Waals surface area contributed by atoms with Crippen molar-refractivity contribution in [2.24, 2.45) is 0 Å². The van der Waals surface area contributed by atoms with Gasteiger partial charge in [0.15, 0.2) is 0 Å². The maximum absolute atomic E-state index is 13.7. The molecule has 1 aliphatic rings. The first-order valence-electron chi connectivity index (χ1n) is 8.95. The fourth-order valence-corrected chi connectivity index (χ4v) is 5.03. The van der Waals surface area contributed by atoms with Crippen LogP contribution in [0, 0.1) is 11.6 Å². The Labute approximate surface area is 173 Å². The molecular formula is C19H20ClF2N3O3S. The Hall–Kier alpha value is -2.07. The van der Waals surface area contributed by atoms with Gasteiger partial charge in [0.25, 0.3) is 0 Å². The monoisotopic (exact) mass is 443 g/mol. The van der Waals surface area contributed by atoms with Crippen molar-refractivity contribution in [3.05, 3.63) is 59.1 Å². The lowest BCUT2D eigenvalue weighted by Crippen LogP contribution is -2.54. The first kappa shape index (κ1) is 21.6. The quantitative estimate of drug-likeness (QED) is 0.771. The molecule has 1 N–H and O–H groups in total. The molecule has 0 aromatic heterocycles. The van der Waals surface area contributed by atoms with Crippen molar-refractivity contribution in [3.8, 4) is 0 Å². The maximum Gasteiger partial charge on any atom is 0.244 e. The van der Waals surface area contributed by atoms with Gasteiger partial charge in [0.05, 0.1) is 16.8 Å². The van der Waals surface area contributed by atoms with Crippen molar-refractivity contribution in [1.29, 1.82) is 0 Å². The van der Waals surface area contributed by atoms with E-state index in [1.54, 1.807) is 24.0 Å². The number of carbonyl (C=O) groups is 1. The van der Waals surface area contributed by atoms with Crippen molar-refractivity contribution >= 4 is 33.2 Å². The number of nitrogens with one attached hydrogen (secondary N) is 1. The molecule has 2 aromatic rings. The molecule has 0 radical (unpaired) electrons. The van der Waals surface area contributed by atoms with Crippen LogP contribution in [0.5, 0.6) is 0 Å². The molecule has 0 spiro atoms. The molecular weight excluding hydrogens is 424 g/mol. The number of hydrogen-bond donors (Lipinski definition) is 1. The molecule has 156 valence electrons. The van der Waals surface area contributed by atoms with Gasteiger partial charge in [-0.1, -0.05) is 23.7 Å². The lowest BCUT2D eigenvalue weighted by Gasteiger charge is -2.36. The summed E-state index contributed by atoms with van der Waals surface area (Å²) in [7, 11) is -3.73. The van der Waals surface area contributed by atoms with Gasteiger partial charge in [0.1, 0.15) is 16.5 Å². The van der Waals surface area contributed by atoms with Crippen molar-refractivity contribution in [1.82, 2.24) is 9.21 Å². The summed E-state index contributed by atoms with van der Waals surface area (Å²) in [5, 5.41) is 2.59. The SMILES string of the molecule is CC(C(=O)Nc1ccc(F)cc1F)N1CCN(S(=O)(=O)c2ccccc2Cl)CC1. The highest BCUT2D eigenvalue weighted by molar-refractivity contribution is 7.89. The summed E-state index contributed by atoms with van der Waals surface area (Å²) in [5.74, 6) is -2.05. The number of anilines is 1. The molecule has 1 saturated heterocycles. The van der Waals surface area contributed by atoms with Gasteiger partial charge in [-0.2, -0.15) is 4.31 Å². The summed E-state index contributed by atoms with van der Waals surface area (Å²) in [6.45, 7) is 2.68. The number of carbonyl (C=O) groups excluding carboxylic acids is 1. The van der Waals surface area contributed by atoms with Crippen molar-refractivity contribution in [2.75, 3.05) is 31.5 Å². The first-order chi connectivity index (χ1) is 13.7. The van der Waals surface area contributed by atoms with Crippen molar-refractivity contribution < 1.29 is 22.0 Å². The standard InChI is InChI=1S/C19H20ClF2N3O3S/c1-13(19(26)23-17-7-6-14(21)12-16(17)22)24-8-10-25(11-9-24)29(27,28)18-5-3-2-4-15(18)20/h2-7,12-13H,8-11H2,1H3,(H,23,26). The second kappa shape index (κ2) is 8.74. The van der Waals surface area contributed by atoms with Crippen LogP contribution in [-0.4, -0.2) is 55.8 Å². The largest absolute Gasteiger partial charge is 0.322 e. The number of hydrogen-bond acceptors (Lipinski definition) is 4. The van der Waals surface area contributed by atoms with Gasteiger partial charge in [-0.15, -0.1) is 0 Å². The first-order valence-corrected chi connectivity index (χ1v) is 10.8. The van der Waals surface area contributed by atoms with E-state index >= 15 is 0 Å². The number of nitrogens with zero attached hydrogens (tertiary/aromatic N) is 2. The van der Waals surface area contributed by atoms with Crippen LogP contribution >= 0.6 is 11.6 Å². The minimum absolute atomic E-state index is 0.0488. The van der Waals surface area contributed by atoms with Crippen molar-refractivity contribution in [3.63, 3.8) is 0 Å². The Bertz CT molecular complexity index is 1010. The van der Waals surface area contributed by atoms with Crippen LogP contribution in [0.1, 0.15) is 6.92 Å². The molecule has 3 rings (SSSR count). The Morgan fingerprint density at radius 2 is 1.76 bits per heavy atom. The van der Waals surface area contributed by atoms with Gasteiger partial charge < -0.3 is 5.32 Å². The number of benzene rings is 2. The van der Waals surface area contributed by atoms with E-state index in [2.05, 4.69) is 5.32 Å². The molecule has 1 heterocycles. The molecule has 6 nitrogen and oxygen atoms in total. The molecule has 1 aliphatic heterocycles. The Morgan fingerprint density at radius 3 is 2.38 bits per heavy atom. The molecule has 1 fully saturated rings. The third-order valence-electron chi connectivity index (χ3n) is 4.84. The second-order valence-corrected chi connectivity index (χ2v) is 8.97. The highest BCUT2D eigenvalue weighted by Gasteiger charge is 2.32. The van der Waals surface area contributed by atoms with Crippen LogP contribution in [0.3, 0.4) is 0 Å². The van der Waals surface area contributed by atoms with Gasteiger partial charge in [0, 0.05) is 32.2 Å². The second-order valence-electron chi connectivity index (χ2n) is 6.66. The molecule has 0 aliphatic carbocycles. The van der Waals surface area contributed by atoms with Crippen LogP contribution in [0.4, 0.5) is 14.5 Å². The number of sulfonamides is 1. The number of piperazine rings is 1. The smallest absolute Gasteiger partial charge is 0.244 e. The number of rotatable bonds is 5. The summed E-state index contributed by atoms with van der Waals surface area (Å²) in [6, 6.07) is 8.52. The topological polar surface area (TPSA) is 69.7 Å². The number of halogens is 3. The van der Waals surface area contributed by atoms with Crippen LogP contribution in [0.25, 0.3) is 0 Å². The van der Waals surface area contributed by atoms with E-state index in [1.165, 1.54) is 16.4 Å². The molecule has 29 heavy (non-hydrogen) atoms. The van der Waals surface area contributed by atoms with E-state index in [-0.39, 0.29) is 28.7 Å². The van der Waals surface area contributed by atoms with Crippen molar-refractivity contribution in [2.45, 2.75) is 17.9 Å². The summed E-state index contributed by atoms with van der Waals surface area (Å²) in [5.41, 5.74) is -0.108. The average molecular weight is 444 g/mol. The minimum atomic E-state index is -3.73. The van der Waals surface area contributed by atoms with Crippen LogP contribution < -0.4 is 5.32 Å². The van der Waals surface area contributed by atoms with Crippen LogP contribution in [-0.2, 0) is 14.8 Å². The molecule has 2 aromatic carbocycles. The fourth-order valence-electron chi connectivity index (χ4n) is 3.12. The average Bonchev–Trinajstić information content (AvgIpc) is 2.69. The summed E-state index contributed by atoms with van der Waals surface area (Å²) < 4.78 is 53.7. The third-order valence-corrected chi connectivity index (χ3v) is 7.24. The molecule has 1 amide bonds. The molecule has 1 atom stereocenters. The zero-order valence-corrected chi connectivity index (χ0v) is 17.2. The molecule has 10 heteroatoms. The summed E-state index contributed by atoms with van der Waals surface area (Å²) in [4.78, 5) is 14.3. The zero-order valence-electron chi connectivity index (χ0n) is 15.6.